The van der Waals surface area contributed by atoms with Crippen LogP contribution in [0.1, 0.15) is 30.0 Å². The molecular formula is C22H23ClFN3O4S. The maximum Gasteiger partial charge on any atom is 0.280 e. The predicted molar refractivity (Wildman–Crippen MR) is 121 cm³/mol. The highest BCUT2D eigenvalue weighted by molar-refractivity contribution is 7.87. The number of ether oxygens (including phenoxy) is 1. The largest absolute Gasteiger partial charge is 0.377 e. The summed E-state index contributed by atoms with van der Waals surface area (Å²) in [6.45, 7) is 1.20. The van der Waals surface area contributed by atoms with Crippen molar-refractivity contribution in [2.75, 3.05) is 25.6 Å². The van der Waals surface area contributed by atoms with Gasteiger partial charge >= 0.3 is 0 Å². The number of anilines is 1. The van der Waals surface area contributed by atoms with E-state index in [0.717, 1.165) is 33.5 Å². The van der Waals surface area contributed by atoms with Gasteiger partial charge in [-0.25, -0.2) is 4.39 Å². The van der Waals surface area contributed by atoms with Crippen LogP contribution in [0.3, 0.4) is 0 Å². The van der Waals surface area contributed by atoms with Crippen molar-refractivity contribution in [3.05, 3.63) is 70.5 Å². The first kappa shape index (κ1) is 22.9. The minimum atomic E-state index is -3.90. The fourth-order valence-electron chi connectivity index (χ4n) is 3.87. The average Bonchev–Trinajstić information content (AvgIpc) is 2.78. The third kappa shape index (κ3) is 4.87. The van der Waals surface area contributed by atoms with E-state index >= 15 is 0 Å². The maximum absolute atomic E-state index is 13.4. The van der Waals surface area contributed by atoms with Crippen LogP contribution in [0.15, 0.2) is 48.5 Å². The van der Waals surface area contributed by atoms with Crippen molar-refractivity contribution in [1.29, 1.82) is 0 Å². The van der Waals surface area contributed by atoms with Gasteiger partial charge < -0.3 is 10.1 Å². The first-order chi connectivity index (χ1) is 15.2. The molecule has 0 spiro atoms. The zero-order chi connectivity index (χ0) is 22.9. The zero-order valence-electron chi connectivity index (χ0n) is 17.3. The summed E-state index contributed by atoms with van der Waals surface area (Å²) >= 11 is 5.78. The Bertz CT molecular complexity index is 1170. The Morgan fingerprint density at radius 1 is 1.28 bits per heavy atom. The molecule has 0 aliphatic carbocycles. The summed E-state index contributed by atoms with van der Waals surface area (Å²) < 4.78 is 47.9. The summed E-state index contributed by atoms with van der Waals surface area (Å²) in [7, 11) is -2.55. The van der Waals surface area contributed by atoms with Crippen molar-refractivity contribution >= 4 is 39.0 Å². The van der Waals surface area contributed by atoms with E-state index < -0.39 is 34.0 Å². The molecule has 2 aliphatic rings. The number of hydrogen-bond donors (Lipinski definition) is 2. The van der Waals surface area contributed by atoms with Gasteiger partial charge in [0.15, 0.2) is 0 Å². The van der Waals surface area contributed by atoms with Crippen molar-refractivity contribution in [3.8, 4) is 0 Å². The molecule has 2 N–H and O–H groups in total. The van der Waals surface area contributed by atoms with Crippen LogP contribution >= 0.6 is 11.6 Å². The van der Waals surface area contributed by atoms with Crippen molar-refractivity contribution in [1.82, 2.24) is 9.03 Å². The summed E-state index contributed by atoms with van der Waals surface area (Å²) in [5.74, 6) is -1.13. The van der Waals surface area contributed by atoms with E-state index in [1.54, 1.807) is 0 Å². The van der Waals surface area contributed by atoms with E-state index in [2.05, 4.69) is 10.0 Å². The smallest absolute Gasteiger partial charge is 0.280 e. The molecule has 4 rings (SSSR count). The molecule has 2 aromatic rings. The number of carbonyl (C=O) groups is 1. The number of hydrogen-bond acceptors (Lipinski definition) is 4. The number of carbonyl (C=O) groups excluding carboxylic acids is 1. The number of rotatable bonds is 4. The van der Waals surface area contributed by atoms with Gasteiger partial charge in [-0.15, -0.1) is 0 Å². The van der Waals surface area contributed by atoms with Gasteiger partial charge in [-0.2, -0.15) is 17.4 Å². The quantitative estimate of drug-likeness (QED) is 0.702. The van der Waals surface area contributed by atoms with Crippen LogP contribution in [0.4, 0.5) is 10.1 Å². The molecule has 2 heterocycles. The second kappa shape index (κ2) is 9.29. The fourth-order valence-corrected chi connectivity index (χ4v) is 5.33. The minimum Gasteiger partial charge on any atom is -0.377 e. The van der Waals surface area contributed by atoms with Crippen LogP contribution in [0, 0.1) is 5.82 Å². The van der Waals surface area contributed by atoms with Gasteiger partial charge in [-0.1, -0.05) is 35.9 Å². The molecule has 2 unspecified atom stereocenters. The van der Waals surface area contributed by atoms with Crippen LogP contribution in [0.25, 0.3) is 5.57 Å². The normalized spacial score (nSPS) is 23.4. The molecule has 32 heavy (non-hydrogen) atoms. The van der Waals surface area contributed by atoms with Crippen LogP contribution in [0.2, 0.25) is 5.02 Å². The third-order valence-corrected chi connectivity index (χ3v) is 7.57. The second-order valence-corrected chi connectivity index (χ2v) is 9.91. The summed E-state index contributed by atoms with van der Waals surface area (Å²) in [6.07, 6.45) is 3.03. The second-order valence-electron chi connectivity index (χ2n) is 7.74. The zero-order valence-corrected chi connectivity index (χ0v) is 18.9. The molecule has 0 aromatic heterocycles. The lowest BCUT2D eigenvalue weighted by Gasteiger charge is -2.36. The van der Waals surface area contributed by atoms with Crippen molar-refractivity contribution in [2.24, 2.45) is 0 Å². The number of amides is 1. The van der Waals surface area contributed by atoms with Gasteiger partial charge in [0.2, 0.25) is 5.91 Å². The molecule has 0 saturated carbocycles. The molecule has 0 radical (unpaired) electrons. The monoisotopic (exact) mass is 479 g/mol. The Morgan fingerprint density at radius 2 is 2.09 bits per heavy atom. The van der Waals surface area contributed by atoms with Crippen LogP contribution in [0.5, 0.6) is 0 Å². The van der Waals surface area contributed by atoms with E-state index in [1.165, 1.54) is 19.2 Å². The standard InChI is InChI=1S/C22H23ClFN3O4S/c1-27-21(22(28)25-17-5-6-19(24)18(23)12-17)13-20(26-32(27,29)30)16-4-2-3-15(11-16)14-7-9-31-10-8-14/h2-7,11-12,20-21,26H,8-10,13H2,1H3,(H,25,28). The molecule has 2 aliphatic heterocycles. The Hall–Kier alpha value is -2.30. The van der Waals surface area contributed by atoms with E-state index in [0.29, 0.717) is 13.2 Å². The Balaban J connectivity index is 1.58. The van der Waals surface area contributed by atoms with Crippen LogP contribution in [-0.4, -0.2) is 44.9 Å². The molecule has 10 heteroatoms. The first-order valence-corrected chi connectivity index (χ1v) is 11.9. The first-order valence-electron chi connectivity index (χ1n) is 10.1. The topological polar surface area (TPSA) is 87.7 Å². The fraction of sp³-hybridized carbons (Fsp3) is 0.318. The molecule has 1 saturated heterocycles. The number of halogens is 2. The lowest BCUT2D eigenvalue weighted by molar-refractivity contribution is -0.120. The summed E-state index contributed by atoms with van der Waals surface area (Å²) in [6, 6.07) is 9.91. The molecule has 1 amide bonds. The summed E-state index contributed by atoms with van der Waals surface area (Å²) in [5, 5.41) is 2.50. The number of nitrogens with zero attached hydrogens (tertiary/aromatic N) is 1. The molecule has 0 bridgehead atoms. The van der Waals surface area contributed by atoms with Gasteiger partial charge in [-0.3, -0.25) is 4.79 Å². The van der Waals surface area contributed by atoms with Crippen molar-refractivity contribution < 1.29 is 22.3 Å². The third-order valence-electron chi connectivity index (χ3n) is 5.68. The number of likely N-dealkylation sites (N-methyl/N-ethyl adjacent to an activating group) is 1. The summed E-state index contributed by atoms with van der Waals surface area (Å²) in [4.78, 5) is 12.9. The van der Waals surface area contributed by atoms with Gasteiger partial charge in [-0.05, 0) is 53.8 Å². The summed E-state index contributed by atoms with van der Waals surface area (Å²) in [5.41, 5.74) is 3.21. The Morgan fingerprint density at radius 3 is 2.81 bits per heavy atom. The molecular weight excluding hydrogens is 457 g/mol. The maximum atomic E-state index is 13.4. The number of nitrogens with one attached hydrogen (secondary N) is 2. The lowest BCUT2D eigenvalue weighted by Crippen LogP contribution is -2.55. The highest BCUT2D eigenvalue weighted by Crippen LogP contribution is 2.31. The molecule has 2 atom stereocenters. The lowest BCUT2D eigenvalue weighted by atomic mass is 9.94. The SMILES string of the molecule is CN1C(C(=O)Nc2ccc(F)c(Cl)c2)CC(c2cccc(C3=CCOCC3)c2)NS1(=O)=O. The van der Waals surface area contributed by atoms with Gasteiger partial charge in [0.1, 0.15) is 11.9 Å². The van der Waals surface area contributed by atoms with Crippen LogP contribution < -0.4 is 10.0 Å². The highest BCUT2D eigenvalue weighted by Gasteiger charge is 2.40. The Labute approximate surface area is 191 Å². The van der Waals surface area contributed by atoms with Crippen molar-refractivity contribution in [2.45, 2.75) is 24.9 Å². The Kier molecular flexibility index (Phi) is 6.64. The van der Waals surface area contributed by atoms with E-state index in [1.807, 2.05) is 30.3 Å². The average molecular weight is 480 g/mol. The van der Waals surface area contributed by atoms with Crippen LogP contribution in [-0.2, 0) is 19.7 Å². The highest BCUT2D eigenvalue weighted by atomic mass is 35.5. The minimum absolute atomic E-state index is 0.133. The van der Waals surface area contributed by atoms with Gasteiger partial charge in [0.05, 0.1) is 18.2 Å². The van der Waals surface area contributed by atoms with Crippen molar-refractivity contribution in [3.63, 3.8) is 0 Å². The molecule has 1 fully saturated rings. The number of benzene rings is 2. The van der Waals surface area contributed by atoms with Gasteiger partial charge in [0.25, 0.3) is 10.2 Å². The molecule has 2 aromatic carbocycles. The van der Waals surface area contributed by atoms with Gasteiger partial charge in [0, 0.05) is 18.8 Å². The van der Waals surface area contributed by atoms with E-state index in [9.17, 15) is 17.6 Å². The predicted octanol–water partition coefficient (Wildman–Crippen LogP) is 3.50. The van der Waals surface area contributed by atoms with E-state index in [4.69, 9.17) is 16.3 Å². The van der Waals surface area contributed by atoms with E-state index in [-0.39, 0.29) is 17.1 Å². The molecule has 7 nitrogen and oxygen atoms in total. The molecule has 170 valence electrons.